The number of rotatable bonds is 6. The smallest absolute Gasteiger partial charge is 0.215 e. The van der Waals surface area contributed by atoms with Gasteiger partial charge in [-0.25, -0.2) is 4.98 Å². The van der Waals surface area contributed by atoms with Gasteiger partial charge in [0.2, 0.25) is 5.88 Å². The minimum Gasteiger partial charge on any atom is -0.481 e. The van der Waals surface area contributed by atoms with E-state index < -0.39 is 0 Å². The van der Waals surface area contributed by atoms with Gasteiger partial charge in [0.05, 0.1) is 24.7 Å². The molecule has 3 aromatic rings. The second-order valence-corrected chi connectivity index (χ2v) is 7.50. The molecule has 128 valence electrons. The maximum absolute atomic E-state index is 6.12. The predicted molar refractivity (Wildman–Crippen MR) is 103 cm³/mol. The molecule has 1 fully saturated rings. The number of ether oxygens (including phenoxy) is 1. The summed E-state index contributed by atoms with van der Waals surface area (Å²) in [6.07, 6.45) is 4.33. The lowest BCUT2D eigenvalue weighted by atomic mass is 10.2. The lowest BCUT2D eigenvalue weighted by Gasteiger charge is -2.12. The first-order valence-corrected chi connectivity index (χ1v) is 9.19. The van der Waals surface area contributed by atoms with E-state index in [2.05, 4.69) is 39.6 Å². The van der Waals surface area contributed by atoms with Crippen molar-refractivity contribution in [3.8, 4) is 5.88 Å². The molecule has 0 radical (unpaired) electrons. The Bertz CT molecular complexity index is 894. The number of methoxy groups -OCH3 is 1. The van der Waals surface area contributed by atoms with Crippen molar-refractivity contribution < 1.29 is 4.74 Å². The Morgan fingerprint density at radius 3 is 2.72 bits per heavy atom. The molecule has 2 aromatic heterocycles. The fourth-order valence-electron chi connectivity index (χ4n) is 2.64. The molecule has 0 bridgehead atoms. The number of hydrogen-bond donors (Lipinski definition) is 2. The van der Waals surface area contributed by atoms with E-state index in [9.17, 15) is 0 Å². The molecule has 1 aliphatic carbocycles. The third-order valence-electron chi connectivity index (χ3n) is 4.16. The van der Waals surface area contributed by atoms with Crippen LogP contribution < -0.4 is 15.8 Å². The van der Waals surface area contributed by atoms with Gasteiger partial charge < -0.3 is 15.8 Å². The highest BCUT2D eigenvalue weighted by Gasteiger charge is 2.22. The van der Waals surface area contributed by atoms with Crippen molar-refractivity contribution in [3.05, 3.63) is 48.2 Å². The van der Waals surface area contributed by atoms with Gasteiger partial charge in [0.1, 0.15) is 0 Å². The molecule has 0 unspecified atom stereocenters. The van der Waals surface area contributed by atoms with Gasteiger partial charge >= 0.3 is 0 Å². The Kier molecular flexibility index (Phi) is 4.36. The van der Waals surface area contributed by atoms with E-state index in [-0.39, 0.29) is 0 Å². The van der Waals surface area contributed by atoms with E-state index in [4.69, 9.17) is 10.5 Å². The van der Waals surface area contributed by atoms with Gasteiger partial charge in [-0.1, -0.05) is 12.1 Å². The highest BCUT2D eigenvalue weighted by atomic mass is 32.2. The average Bonchev–Trinajstić information content (AvgIpc) is 3.46. The van der Waals surface area contributed by atoms with Crippen LogP contribution in [0, 0.1) is 0 Å². The maximum atomic E-state index is 6.12. The van der Waals surface area contributed by atoms with Crippen LogP contribution in [-0.2, 0) is 6.54 Å². The summed E-state index contributed by atoms with van der Waals surface area (Å²) in [5.74, 6) is 0.541. The monoisotopic (exact) mass is 352 g/mol. The fraction of sp³-hybridized carbons (Fsp3) is 0.263. The number of fused-ring (bicyclic) bond motifs is 1. The van der Waals surface area contributed by atoms with Gasteiger partial charge in [-0.3, -0.25) is 0 Å². The van der Waals surface area contributed by atoms with Crippen molar-refractivity contribution >= 4 is 34.2 Å². The van der Waals surface area contributed by atoms with Gasteiger partial charge in [0.15, 0.2) is 5.65 Å². The van der Waals surface area contributed by atoms with Crippen LogP contribution in [0.3, 0.4) is 0 Å². The number of benzene rings is 1. The number of nitrogens with one attached hydrogen (secondary N) is 1. The second kappa shape index (κ2) is 6.80. The number of hydrogen-bond acceptors (Lipinski definition) is 6. The molecule has 6 heteroatoms. The molecule has 3 N–H and O–H groups in total. The Balaban J connectivity index is 1.52. The molecule has 0 aliphatic heterocycles. The highest BCUT2D eigenvalue weighted by molar-refractivity contribution is 8.00. The first-order valence-electron chi connectivity index (χ1n) is 8.31. The Morgan fingerprint density at radius 1 is 1.20 bits per heavy atom. The zero-order valence-electron chi connectivity index (χ0n) is 14.0. The third-order valence-corrected chi connectivity index (χ3v) is 5.51. The predicted octanol–water partition coefficient (Wildman–Crippen LogP) is 4.09. The van der Waals surface area contributed by atoms with Crippen LogP contribution in [0.1, 0.15) is 18.4 Å². The van der Waals surface area contributed by atoms with E-state index in [0.29, 0.717) is 23.8 Å². The van der Waals surface area contributed by atoms with Crippen molar-refractivity contribution in [3.63, 3.8) is 0 Å². The molecule has 1 aliphatic rings. The highest BCUT2D eigenvalue weighted by Crippen LogP contribution is 2.39. The topological polar surface area (TPSA) is 73.1 Å². The second-order valence-electron chi connectivity index (χ2n) is 6.13. The zero-order valence-corrected chi connectivity index (χ0v) is 14.8. The summed E-state index contributed by atoms with van der Waals surface area (Å²) in [7, 11) is 1.59. The number of anilines is 2. The van der Waals surface area contributed by atoms with E-state index in [1.54, 1.807) is 13.3 Å². The summed E-state index contributed by atoms with van der Waals surface area (Å²) in [5, 5.41) is 5.15. The molecule has 0 atom stereocenters. The molecule has 1 saturated carbocycles. The quantitative estimate of drug-likeness (QED) is 0.696. The van der Waals surface area contributed by atoms with Crippen LogP contribution in [-0.4, -0.2) is 22.3 Å². The molecule has 5 nitrogen and oxygen atoms in total. The normalized spacial score (nSPS) is 13.8. The van der Waals surface area contributed by atoms with E-state index in [1.807, 2.05) is 23.9 Å². The van der Waals surface area contributed by atoms with Crippen molar-refractivity contribution in [2.24, 2.45) is 0 Å². The maximum Gasteiger partial charge on any atom is 0.215 e. The summed E-state index contributed by atoms with van der Waals surface area (Å²) >= 11 is 1.97. The van der Waals surface area contributed by atoms with Crippen LogP contribution in [0.4, 0.5) is 11.4 Å². The Hall–Kier alpha value is -2.47. The Morgan fingerprint density at radius 2 is 2.00 bits per heavy atom. The molecule has 1 aromatic carbocycles. The van der Waals surface area contributed by atoms with Crippen LogP contribution in [0.2, 0.25) is 0 Å². The molecule has 0 amide bonds. The minimum absolute atomic E-state index is 0.541. The summed E-state index contributed by atoms with van der Waals surface area (Å²) in [5.41, 5.74) is 9.42. The third kappa shape index (κ3) is 3.64. The molecular formula is C19H20N4OS. The summed E-state index contributed by atoms with van der Waals surface area (Å²) in [6, 6.07) is 12.5. The zero-order chi connectivity index (χ0) is 17.2. The van der Waals surface area contributed by atoms with Crippen LogP contribution in [0.15, 0.2) is 47.5 Å². The lowest BCUT2D eigenvalue weighted by molar-refractivity contribution is 0.399. The van der Waals surface area contributed by atoms with Crippen molar-refractivity contribution in [1.82, 2.24) is 9.97 Å². The molecule has 4 rings (SSSR count). The number of aromatic nitrogens is 2. The molecular weight excluding hydrogens is 332 g/mol. The summed E-state index contributed by atoms with van der Waals surface area (Å²) in [4.78, 5) is 10.00. The minimum atomic E-state index is 0.541. The molecule has 0 saturated heterocycles. The Labute approximate surface area is 151 Å². The van der Waals surface area contributed by atoms with Gasteiger partial charge in [0, 0.05) is 28.1 Å². The first-order chi connectivity index (χ1) is 12.2. The van der Waals surface area contributed by atoms with Gasteiger partial charge in [-0.2, -0.15) is 4.98 Å². The summed E-state index contributed by atoms with van der Waals surface area (Å²) < 4.78 is 5.16. The van der Waals surface area contributed by atoms with E-state index in [1.165, 1.54) is 23.3 Å². The van der Waals surface area contributed by atoms with Gasteiger partial charge in [0.25, 0.3) is 0 Å². The van der Waals surface area contributed by atoms with Gasteiger partial charge in [-0.15, -0.1) is 11.8 Å². The molecule has 0 spiro atoms. The number of nitrogens with zero attached hydrogens (tertiary/aromatic N) is 2. The van der Waals surface area contributed by atoms with Crippen molar-refractivity contribution in [2.45, 2.75) is 29.5 Å². The SMILES string of the molecule is COc1ccc2c(NCc3ccc(SC4CC4)cc3)c(N)cnc2n1. The fourth-order valence-corrected chi connectivity index (χ4v) is 3.69. The standard InChI is InChI=1S/C19H20N4OS/c1-24-17-9-8-15-18(16(20)11-22-19(15)23-17)21-10-12-2-4-13(5-3-12)25-14-6-7-14/h2-5,8-9,11,14H,6-7,10,20H2,1H3,(H,21,22,23). The van der Waals surface area contributed by atoms with Crippen molar-refractivity contribution in [1.29, 1.82) is 0 Å². The number of pyridine rings is 2. The number of nitrogens with two attached hydrogens (primary N) is 1. The molecule has 25 heavy (non-hydrogen) atoms. The van der Waals surface area contributed by atoms with E-state index in [0.717, 1.165) is 16.3 Å². The van der Waals surface area contributed by atoms with Gasteiger partial charge in [-0.05, 0) is 36.6 Å². The van der Waals surface area contributed by atoms with Crippen LogP contribution in [0.25, 0.3) is 11.0 Å². The van der Waals surface area contributed by atoms with Crippen LogP contribution in [0.5, 0.6) is 5.88 Å². The number of thioether (sulfide) groups is 1. The average molecular weight is 352 g/mol. The van der Waals surface area contributed by atoms with Crippen molar-refractivity contribution in [2.75, 3.05) is 18.2 Å². The first kappa shape index (κ1) is 16.0. The number of nitrogen functional groups attached to an aromatic ring is 1. The summed E-state index contributed by atoms with van der Waals surface area (Å²) in [6.45, 7) is 0.698. The van der Waals surface area contributed by atoms with Crippen LogP contribution >= 0.6 is 11.8 Å². The largest absolute Gasteiger partial charge is 0.481 e. The van der Waals surface area contributed by atoms with E-state index >= 15 is 0 Å². The molecule has 2 heterocycles. The lowest BCUT2D eigenvalue weighted by Crippen LogP contribution is -2.04.